The second-order valence-corrected chi connectivity index (χ2v) is 5.31. The van der Waals surface area contributed by atoms with Crippen LogP contribution in [0.25, 0.3) is 0 Å². The molecule has 1 fully saturated rings. The van der Waals surface area contributed by atoms with E-state index in [9.17, 15) is 4.79 Å². The lowest BCUT2D eigenvalue weighted by Gasteiger charge is -2.32. The fourth-order valence-electron chi connectivity index (χ4n) is 2.91. The van der Waals surface area contributed by atoms with Crippen molar-refractivity contribution >= 4 is 5.91 Å². The Morgan fingerprint density at radius 3 is 2.79 bits per heavy atom. The Bertz CT molecular complexity index is 431. The first-order valence-electron chi connectivity index (χ1n) is 7.25. The number of benzene rings is 1. The van der Waals surface area contributed by atoms with Crippen LogP contribution in [-0.2, 0) is 17.8 Å². The van der Waals surface area contributed by atoms with Crippen LogP contribution < -0.4 is 5.32 Å². The van der Waals surface area contributed by atoms with E-state index in [2.05, 4.69) is 41.4 Å². The highest BCUT2D eigenvalue weighted by Gasteiger charge is 2.25. The maximum Gasteiger partial charge on any atom is 0.224 e. The standard InChI is InChI=1S/C16H24N2O/c1-3-13-7-4-5-8-14(13)11-18-10-6-9-15(12-18)16(19)17-2/h4-5,7-8,15H,3,6,9-12H2,1-2H3,(H,17,19). The number of piperidine rings is 1. The van der Waals surface area contributed by atoms with E-state index in [0.717, 1.165) is 38.9 Å². The molecule has 2 rings (SSSR count). The number of carbonyl (C=O) groups excluding carboxylic acids is 1. The molecule has 1 saturated heterocycles. The van der Waals surface area contributed by atoms with E-state index in [4.69, 9.17) is 0 Å². The first-order chi connectivity index (χ1) is 9.24. The Kier molecular flexibility index (Phi) is 4.97. The zero-order valence-electron chi connectivity index (χ0n) is 12.0. The summed E-state index contributed by atoms with van der Waals surface area (Å²) in [6.07, 6.45) is 3.21. The summed E-state index contributed by atoms with van der Waals surface area (Å²) in [5, 5.41) is 2.78. The first kappa shape index (κ1) is 14.1. The van der Waals surface area contributed by atoms with Gasteiger partial charge in [-0.1, -0.05) is 31.2 Å². The van der Waals surface area contributed by atoms with Crippen molar-refractivity contribution < 1.29 is 4.79 Å². The number of aryl methyl sites for hydroxylation is 1. The van der Waals surface area contributed by atoms with Gasteiger partial charge in [-0.25, -0.2) is 0 Å². The quantitative estimate of drug-likeness (QED) is 0.900. The summed E-state index contributed by atoms with van der Waals surface area (Å²) in [5.74, 6) is 0.348. The molecule has 0 radical (unpaired) electrons. The Labute approximate surface area is 116 Å². The van der Waals surface area contributed by atoms with Crippen LogP contribution in [0.3, 0.4) is 0 Å². The van der Waals surface area contributed by atoms with Crippen molar-refractivity contribution in [3.05, 3.63) is 35.4 Å². The van der Waals surface area contributed by atoms with Crippen molar-refractivity contribution in [3.63, 3.8) is 0 Å². The molecule has 0 saturated carbocycles. The van der Waals surface area contributed by atoms with Crippen LogP contribution in [0.4, 0.5) is 0 Å². The fraction of sp³-hybridized carbons (Fsp3) is 0.562. The maximum absolute atomic E-state index is 11.8. The van der Waals surface area contributed by atoms with Crippen molar-refractivity contribution in [2.75, 3.05) is 20.1 Å². The molecular formula is C16H24N2O. The van der Waals surface area contributed by atoms with Crippen molar-refractivity contribution in [1.29, 1.82) is 0 Å². The molecule has 3 heteroatoms. The molecule has 0 aromatic heterocycles. The van der Waals surface area contributed by atoms with Gasteiger partial charge in [-0.15, -0.1) is 0 Å². The normalized spacial score (nSPS) is 20.2. The van der Waals surface area contributed by atoms with E-state index in [1.54, 1.807) is 7.05 Å². The predicted molar refractivity (Wildman–Crippen MR) is 77.9 cm³/mol. The third kappa shape index (κ3) is 3.57. The minimum Gasteiger partial charge on any atom is -0.359 e. The SMILES string of the molecule is CCc1ccccc1CN1CCCC(C(=O)NC)C1. The Hall–Kier alpha value is -1.35. The summed E-state index contributed by atoms with van der Waals surface area (Å²) in [6, 6.07) is 8.62. The third-order valence-corrected chi connectivity index (χ3v) is 4.02. The molecule has 1 aliphatic rings. The van der Waals surface area contributed by atoms with Crippen LogP contribution in [0.2, 0.25) is 0 Å². The number of carbonyl (C=O) groups is 1. The summed E-state index contributed by atoms with van der Waals surface area (Å²) < 4.78 is 0. The number of hydrogen-bond donors (Lipinski definition) is 1. The molecule has 0 aliphatic carbocycles. The number of hydrogen-bond acceptors (Lipinski definition) is 2. The topological polar surface area (TPSA) is 32.3 Å². The van der Waals surface area contributed by atoms with Gasteiger partial charge >= 0.3 is 0 Å². The van der Waals surface area contributed by atoms with Gasteiger partial charge in [-0.3, -0.25) is 9.69 Å². The molecule has 19 heavy (non-hydrogen) atoms. The van der Waals surface area contributed by atoms with Crippen LogP contribution in [0.5, 0.6) is 0 Å². The van der Waals surface area contributed by atoms with Gasteiger partial charge in [0.05, 0.1) is 5.92 Å². The van der Waals surface area contributed by atoms with Gasteiger partial charge < -0.3 is 5.32 Å². The molecule has 1 aromatic rings. The van der Waals surface area contributed by atoms with E-state index in [-0.39, 0.29) is 11.8 Å². The van der Waals surface area contributed by atoms with Crippen molar-refractivity contribution in [2.24, 2.45) is 5.92 Å². The average Bonchev–Trinajstić information content (AvgIpc) is 2.47. The molecule has 1 N–H and O–H groups in total. The lowest BCUT2D eigenvalue weighted by atomic mass is 9.96. The summed E-state index contributed by atoms with van der Waals surface area (Å²) >= 11 is 0. The largest absolute Gasteiger partial charge is 0.359 e. The maximum atomic E-state index is 11.8. The fourth-order valence-corrected chi connectivity index (χ4v) is 2.91. The van der Waals surface area contributed by atoms with Crippen LogP contribution >= 0.6 is 0 Å². The summed E-state index contributed by atoms with van der Waals surface area (Å²) in [6.45, 7) is 5.16. The minimum absolute atomic E-state index is 0.160. The summed E-state index contributed by atoms with van der Waals surface area (Å²) in [7, 11) is 1.73. The van der Waals surface area contributed by atoms with Gasteiger partial charge in [-0.05, 0) is 36.9 Å². The molecule has 104 valence electrons. The van der Waals surface area contributed by atoms with E-state index >= 15 is 0 Å². The molecule has 1 amide bonds. The molecule has 1 unspecified atom stereocenters. The smallest absolute Gasteiger partial charge is 0.224 e. The third-order valence-electron chi connectivity index (χ3n) is 4.02. The van der Waals surface area contributed by atoms with Crippen LogP contribution in [0.1, 0.15) is 30.9 Å². The lowest BCUT2D eigenvalue weighted by Crippen LogP contribution is -2.41. The molecule has 1 heterocycles. The monoisotopic (exact) mass is 260 g/mol. The number of amides is 1. The van der Waals surface area contributed by atoms with Crippen LogP contribution in [0.15, 0.2) is 24.3 Å². The molecule has 3 nitrogen and oxygen atoms in total. The average molecular weight is 260 g/mol. The molecule has 0 bridgehead atoms. The van der Waals surface area contributed by atoms with Gasteiger partial charge in [0.2, 0.25) is 5.91 Å². The Morgan fingerprint density at radius 1 is 1.37 bits per heavy atom. The zero-order valence-corrected chi connectivity index (χ0v) is 12.0. The highest BCUT2D eigenvalue weighted by Crippen LogP contribution is 2.20. The van der Waals surface area contributed by atoms with E-state index in [1.165, 1.54) is 11.1 Å². The zero-order chi connectivity index (χ0) is 13.7. The van der Waals surface area contributed by atoms with Gasteiger partial charge in [-0.2, -0.15) is 0 Å². The number of nitrogens with one attached hydrogen (secondary N) is 1. The molecule has 1 aliphatic heterocycles. The van der Waals surface area contributed by atoms with Crippen molar-refractivity contribution in [3.8, 4) is 0 Å². The van der Waals surface area contributed by atoms with Crippen LogP contribution in [-0.4, -0.2) is 30.9 Å². The summed E-state index contributed by atoms with van der Waals surface area (Å²) in [5.41, 5.74) is 2.83. The van der Waals surface area contributed by atoms with Crippen molar-refractivity contribution in [1.82, 2.24) is 10.2 Å². The van der Waals surface area contributed by atoms with Gasteiger partial charge in [0, 0.05) is 20.1 Å². The highest BCUT2D eigenvalue weighted by molar-refractivity contribution is 5.78. The Balaban J connectivity index is 2.00. The predicted octanol–water partition coefficient (Wildman–Crippen LogP) is 2.21. The lowest BCUT2D eigenvalue weighted by molar-refractivity contribution is -0.126. The number of rotatable bonds is 4. The van der Waals surface area contributed by atoms with Gasteiger partial charge in [0.15, 0.2) is 0 Å². The van der Waals surface area contributed by atoms with E-state index in [0.29, 0.717) is 0 Å². The van der Waals surface area contributed by atoms with Gasteiger partial charge in [0.1, 0.15) is 0 Å². The van der Waals surface area contributed by atoms with E-state index < -0.39 is 0 Å². The van der Waals surface area contributed by atoms with E-state index in [1.807, 2.05) is 0 Å². The van der Waals surface area contributed by atoms with Crippen molar-refractivity contribution in [2.45, 2.75) is 32.7 Å². The highest BCUT2D eigenvalue weighted by atomic mass is 16.1. The number of nitrogens with zero attached hydrogens (tertiary/aromatic N) is 1. The second-order valence-electron chi connectivity index (χ2n) is 5.31. The number of likely N-dealkylation sites (tertiary alicyclic amines) is 1. The first-order valence-corrected chi connectivity index (χ1v) is 7.25. The molecule has 0 spiro atoms. The molecule has 1 aromatic carbocycles. The minimum atomic E-state index is 0.160. The molecular weight excluding hydrogens is 236 g/mol. The van der Waals surface area contributed by atoms with Gasteiger partial charge in [0.25, 0.3) is 0 Å². The molecule has 1 atom stereocenters. The Morgan fingerprint density at radius 2 is 2.11 bits per heavy atom. The van der Waals surface area contributed by atoms with Crippen LogP contribution in [0, 0.1) is 5.92 Å². The summed E-state index contributed by atoms with van der Waals surface area (Å²) in [4.78, 5) is 14.2. The second kappa shape index (κ2) is 6.71.